The van der Waals surface area contributed by atoms with Crippen molar-refractivity contribution < 1.29 is 9.13 Å². The molecular weight excluding hydrogens is 291 g/mol. The quantitative estimate of drug-likeness (QED) is 0.924. The molecule has 21 heavy (non-hydrogen) atoms. The topological polar surface area (TPSA) is 24.5 Å². The Hall–Kier alpha value is -0.840. The second kappa shape index (κ2) is 6.51. The lowest BCUT2D eigenvalue weighted by molar-refractivity contribution is 0.177. The summed E-state index contributed by atoms with van der Waals surface area (Å²) in [4.78, 5) is 2.22. The van der Waals surface area contributed by atoms with Crippen LogP contribution in [0.5, 0.6) is 0 Å². The van der Waals surface area contributed by atoms with Crippen LogP contribution in [0.15, 0.2) is 18.2 Å². The lowest BCUT2D eigenvalue weighted by Crippen LogP contribution is -2.42. The zero-order chi connectivity index (χ0) is 14.8. The molecule has 1 aromatic rings. The molecule has 5 heteroatoms. The highest BCUT2D eigenvalue weighted by Crippen LogP contribution is 2.26. The van der Waals surface area contributed by atoms with Crippen molar-refractivity contribution in [3.63, 3.8) is 0 Å². The fourth-order valence-electron chi connectivity index (χ4n) is 3.27. The Bertz CT molecular complexity index is 493. The molecule has 0 amide bonds. The molecule has 2 aliphatic heterocycles. The Morgan fingerprint density at radius 2 is 2.29 bits per heavy atom. The molecule has 2 saturated heterocycles. The first-order chi connectivity index (χ1) is 10.1. The Morgan fingerprint density at radius 1 is 1.43 bits per heavy atom. The normalized spacial score (nSPS) is 27.3. The molecule has 3 unspecified atom stereocenters. The average Bonchev–Trinajstić information content (AvgIpc) is 3.12. The molecule has 2 fully saturated rings. The summed E-state index contributed by atoms with van der Waals surface area (Å²) in [6.07, 6.45) is 2.23. The number of anilines is 1. The van der Waals surface area contributed by atoms with Crippen molar-refractivity contribution in [2.75, 3.05) is 31.2 Å². The first-order valence-corrected chi connectivity index (χ1v) is 8.05. The molecule has 0 radical (unpaired) electrons. The minimum Gasteiger partial charge on any atom is -0.381 e. The average molecular weight is 313 g/mol. The largest absolute Gasteiger partial charge is 0.381 e. The molecule has 1 aromatic carbocycles. The van der Waals surface area contributed by atoms with Gasteiger partial charge in [-0.3, -0.25) is 0 Å². The van der Waals surface area contributed by atoms with E-state index in [1.807, 2.05) is 6.07 Å². The van der Waals surface area contributed by atoms with E-state index in [1.54, 1.807) is 6.07 Å². The Kier molecular flexibility index (Phi) is 4.67. The van der Waals surface area contributed by atoms with Crippen molar-refractivity contribution in [1.29, 1.82) is 0 Å². The van der Waals surface area contributed by atoms with E-state index in [2.05, 4.69) is 17.1 Å². The van der Waals surface area contributed by atoms with Crippen LogP contribution < -0.4 is 10.2 Å². The van der Waals surface area contributed by atoms with Crippen LogP contribution in [0.4, 0.5) is 10.1 Å². The molecule has 0 bridgehead atoms. The predicted octanol–water partition coefficient (Wildman–Crippen LogP) is 3.07. The third kappa shape index (κ3) is 3.50. The molecule has 3 rings (SSSR count). The van der Waals surface area contributed by atoms with Crippen LogP contribution in [0.3, 0.4) is 0 Å². The van der Waals surface area contributed by atoms with Crippen molar-refractivity contribution in [3.05, 3.63) is 29.0 Å². The van der Waals surface area contributed by atoms with Crippen molar-refractivity contribution in [2.45, 2.75) is 31.8 Å². The van der Waals surface area contributed by atoms with Crippen LogP contribution in [0.25, 0.3) is 0 Å². The molecule has 3 atom stereocenters. The summed E-state index contributed by atoms with van der Waals surface area (Å²) in [6.45, 7) is 5.86. The van der Waals surface area contributed by atoms with Gasteiger partial charge in [0.15, 0.2) is 0 Å². The summed E-state index contributed by atoms with van der Waals surface area (Å²) in [5.41, 5.74) is 0.915. The second-order valence-electron chi connectivity index (χ2n) is 6.11. The van der Waals surface area contributed by atoms with Crippen LogP contribution in [-0.2, 0) is 4.74 Å². The summed E-state index contributed by atoms with van der Waals surface area (Å²) < 4.78 is 19.0. The van der Waals surface area contributed by atoms with Crippen LogP contribution in [-0.4, -0.2) is 38.4 Å². The first-order valence-electron chi connectivity index (χ1n) is 7.67. The van der Waals surface area contributed by atoms with Gasteiger partial charge in [-0.2, -0.15) is 0 Å². The van der Waals surface area contributed by atoms with Gasteiger partial charge in [-0.25, -0.2) is 4.39 Å². The molecule has 116 valence electrons. The summed E-state index contributed by atoms with van der Waals surface area (Å²) in [5.74, 6) is 0.272. The fourth-order valence-corrected chi connectivity index (χ4v) is 3.39. The van der Waals surface area contributed by atoms with E-state index in [0.29, 0.717) is 18.0 Å². The lowest BCUT2D eigenvalue weighted by atomic mass is 10.00. The fraction of sp³-hybridized carbons (Fsp3) is 0.625. The summed E-state index contributed by atoms with van der Waals surface area (Å²) in [5, 5.41) is 3.89. The van der Waals surface area contributed by atoms with E-state index in [1.165, 1.54) is 6.07 Å². The van der Waals surface area contributed by atoms with Gasteiger partial charge < -0.3 is 15.0 Å². The number of hydrogen-bond acceptors (Lipinski definition) is 3. The van der Waals surface area contributed by atoms with Crippen molar-refractivity contribution in [2.24, 2.45) is 5.92 Å². The van der Waals surface area contributed by atoms with Gasteiger partial charge in [0, 0.05) is 37.5 Å². The maximum atomic E-state index is 13.6. The Labute approximate surface area is 130 Å². The monoisotopic (exact) mass is 312 g/mol. The minimum absolute atomic E-state index is 0.183. The van der Waals surface area contributed by atoms with Crippen molar-refractivity contribution in [3.8, 4) is 0 Å². The van der Waals surface area contributed by atoms with E-state index < -0.39 is 0 Å². The SMILES string of the molecule is CC(NC1CCN(c2ccc(Cl)c(F)c2)C1)C1CCOC1. The zero-order valence-corrected chi connectivity index (χ0v) is 13.1. The maximum Gasteiger partial charge on any atom is 0.143 e. The lowest BCUT2D eigenvalue weighted by Gasteiger charge is -2.24. The van der Waals surface area contributed by atoms with Crippen molar-refractivity contribution in [1.82, 2.24) is 5.32 Å². The predicted molar refractivity (Wildman–Crippen MR) is 83.6 cm³/mol. The van der Waals surface area contributed by atoms with Crippen LogP contribution in [0.2, 0.25) is 5.02 Å². The van der Waals surface area contributed by atoms with Gasteiger partial charge in [0.05, 0.1) is 11.6 Å². The molecule has 0 aromatic heterocycles. The van der Waals surface area contributed by atoms with E-state index in [9.17, 15) is 4.39 Å². The van der Waals surface area contributed by atoms with Gasteiger partial charge in [0.1, 0.15) is 5.82 Å². The van der Waals surface area contributed by atoms with E-state index >= 15 is 0 Å². The van der Waals surface area contributed by atoms with E-state index in [4.69, 9.17) is 16.3 Å². The molecule has 2 heterocycles. The molecule has 0 spiro atoms. The number of hydrogen-bond donors (Lipinski definition) is 1. The first kappa shape index (κ1) is 15.1. The van der Waals surface area contributed by atoms with Crippen molar-refractivity contribution >= 4 is 17.3 Å². The van der Waals surface area contributed by atoms with Gasteiger partial charge in [-0.15, -0.1) is 0 Å². The summed E-state index contributed by atoms with van der Waals surface area (Å²) in [7, 11) is 0. The number of halogens is 2. The van der Waals surface area contributed by atoms with Crippen LogP contribution in [0, 0.1) is 11.7 Å². The molecule has 0 aliphatic carbocycles. The molecule has 2 aliphatic rings. The summed E-state index contributed by atoms with van der Waals surface area (Å²) >= 11 is 5.74. The third-order valence-corrected chi connectivity index (χ3v) is 4.93. The van der Waals surface area contributed by atoms with Gasteiger partial charge in [-0.05, 0) is 43.9 Å². The third-order valence-electron chi connectivity index (χ3n) is 4.63. The number of nitrogens with zero attached hydrogens (tertiary/aromatic N) is 1. The number of rotatable bonds is 4. The van der Waals surface area contributed by atoms with Gasteiger partial charge in [-0.1, -0.05) is 11.6 Å². The number of benzene rings is 1. The van der Waals surface area contributed by atoms with E-state index in [-0.39, 0.29) is 10.8 Å². The van der Waals surface area contributed by atoms with Gasteiger partial charge in [0.2, 0.25) is 0 Å². The highest BCUT2D eigenvalue weighted by atomic mass is 35.5. The Morgan fingerprint density at radius 3 is 3.00 bits per heavy atom. The van der Waals surface area contributed by atoms with Crippen LogP contribution in [0.1, 0.15) is 19.8 Å². The number of ether oxygens (including phenoxy) is 1. The summed E-state index contributed by atoms with van der Waals surface area (Å²) in [6, 6.07) is 5.98. The molecule has 3 nitrogen and oxygen atoms in total. The van der Waals surface area contributed by atoms with Gasteiger partial charge in [0.25, 0.3) is 0 Å². The van der Waals surface area contributed by atoms with Gasteiger partial charge >= 0.3 is 0 Å². The molecule has 0 saturated carbocycles. The number of nitrogens with one attached hydrogen (secondary N) is 1. The highest BCUT2D eigenvalue weighted by Gasteiger charge is 2.28. The Balaban J connectivity index is 1.56. The molecular formula is C16H22ClFN2O. The molecule has 1 N–H and O–H groups in total. The standard InChI is InChI=1S/C16H22ClFN2O/c1-11(12-5-7-21-10-12)19-13-4-6-20(9-13)14-2-3-15(17)16(18)8-14/h2-3,8,11-13,19H,4-7,9-10H2,1H3. The van der Waals surface area contributed by atoms with Crippen LogP contribution >= 0.6 is 11.6 Å². The zero-order valence-electron chi connectivity index (χ0n) is 12.3. The highest BCUT2D eigenvalue weighted by molar-refractivity contribution is 6.30. The maximum absolute atomic E-state index is 13.6. The second-order valence-corrected chi connectivity index (χ2v) is 6.52. The smallest absolute Gasteiger partial charge is 0.143 e. The minimum atomic E-state index is -0.345. The van der Waals surface area contributed by atoms with E-state index in [0.717, 1.165) is 44.8 Å².